The number of thiazole rings is 3. The van der Waals surface area contributed by atoms with Crippen molar-refractivity contribution < 1.29 is 67.3 Å². The highest BCUT2D eigenvalue weighted by molar-refractivity contribution is 7.16. The van der Waals surface area contributed by atoms with Crippen molar-refractivity contribution in [2.24, 2.45) is 4.99 Å². The van der Waals surface area contributed by atoms with Gasteiger partial charge in [-0.15, -0.1) is 22.7 Å². The van der Waals surface area contributed by atoms with Gasteiger partial charge < -0.3 is 20.5 Å². The van der Waals surface area contributed by atoms with Crippen molar-refractivity contribution in [1.82, 2.24) is 29.9 Å². The first-order valence-electron chi connectivity index (χ1n) is 25.1. The molecular formula is C58H45Cl3F12N10O3S3. The van der Waals surface area contributed by atoms with Gasteiger partial charge in [0.05, 0.1) is 78.7 Å². The number of hydrogen-bond donors (Lipinski definition) is 3. The van der Waals surface area contributed by atoms with E-state index in [4.69, 9.17) is 44.6 Å². The van der Waals surface area contributed by atoms with E-state index in [1.807, 2.05) is 19.9 Å². The summed E-state index contributed by atoms with van der Waals surface area (Å²) in [7, 11) is 2.07. The molecule has 31 heteroatoms. The molecule has 0 bridgehead atoms. The number of benzene rings is 3. The number of alkyl halides is 9. The lowest BCUT2D eigenvalue weighted by atomic mass is 9.85. The summed E-state index contributed by atoms with van der Waals surface area (Å²) >= 11 is 21.3. The van der Waals surface area contributed by atoms with Crippen molar-refractivity contribution in [1.29, 1.82) is 5.26 Å². The minimum Gasteiger partial charge on any atom is -0.467 e. The van der Waals surface area contributed by atoms with Crippen LogP contribution in [-0.4, -0.2) is 60.9 Å². The Balaban J connectivity index is 0.000000210. The molecule has 0 amide bonds. The largest absolute Gasteiger partial charge is 0.467 e. The van der Waals surface area contributed by atoms with E-state index in [0.29, 0.717) is 45.8 Å². The molecule has 3 aromatic carbocycles. The summed E-state index contributed by atoms with van der Waals surface area (Å²) in [6.45, 7) is 10.8. The van der Waals surface area contributed by atoms with Gasteiger partial charge in [-0.1, -0.05) is 46.1 Å². The third-order valence-corrected chi connectivity index (χ3v) is 16.2. The first-order chi connectivity index (χ1) is 41.6. The lowest BCUT2D eigenvalue weighted by Gasteiger charge is -2.32. The number of ether oxygens (including phenoxy) is 1. The Bertz CT molecular complexity index is 3990. The lowest BCUT2D eigenvalue weighted by molar-refractivity contribution is -0.145. The standard InChI is InChI=1S/C20H16ClF4N3O2S.C19H13ClF4N4S.C18H12ClF4N3S.CH4O/c1-10-11(2)31-18(27-10)28-19(17(29)30-3,16-5-4-14(21)9-26-16)12-6-13(20(23,24)25)8-15(22)7-12;1-10-11(2)29-17(27-10)28-18(9-25,16-4-3-14(20)8-26-16)12-5-13(19(22,23)24)7-15(21)6-12;1-9-10(2)27-17(25-9)26-16(15-4-3-13(19)8-24-15)11-5-12(18(21,22)23)7-14(20)6-11;1-2/h4-9H,1-3H3,(H,27,28);3-8H,1-2H3,(H,27,28);3-8H,1-2H3;2H,1H3. The number of nitrogens with zero attached hydrogens (tertiary/aromatic N) is 8. The zero-order valence-electron chi connectivity index (χ0n) is 47.1. The fraction of sp³-hybridized carbons (Fsp3) is 0.224. The lowest BCUT2D eigenvalue weighted by Crippen LogP contribution is -2.46. The van der Waals surface area contributed by atoms with Crippen LogP contribution in [0.15, 0.2) is 115 Å². The molecule has 0 saturated heterocycles. The predicted octanol–water partition coefficient (Wildman–Crippen LogP) is 17.1. The Hall–Kier alpha value is -7.78. The number of halogens is 15. The number of methoxy groups -OCH3 is 1. The fourth-order valence-electron chi connectivity index (χ4n) is 7.93. The topological polar surface area (TPSA) is 184 Å². The third-order valence-electron chi connectivity index (χ3n) is 12.5. The molecule has 2 atom stereocenters. The van der Waals surface area contributed by atoms with E-state index in [1.54, 1.807) is 27.7 Å². The molecule has 9 aromatic rings. The molecule has 0 spiro atoms. The van der Waals surface area contributed by atoms with Gasteiger partial charge in [-0.3, -0.25) is 15.0 Å². The van der Waals surface area contributed by atoms with Crippen LogP contribution in [0.3, 0.4) is 0 Å². The number of aryl methyl sites for hydroxylation is 6. The van der Waals surface area contributed by atoms with Crippen molar-refractivity contribution >= 4 is 95.9 Å². The van der Waals surface area contributed by atoms with Gasteiger partial charge in [0.1, 0.15) is 23.5 Å². The zero-order chi connectivity index (χ0) is 66.1. The van der Waals surface area contributed by atoms with Crippen LogP contribution in [0.25, 0.3) is 0 Å². The fourth-order valence-corrected chi connectivity index (χ4v) is 10.8. The average molecular weight is 1360 g/mol. The molecule has 3 N–H and O–H groups in total. The number of hydrogen-bond acceptors (Lipinski definition) is 16. The summed E-state index contributed by atoms with van der Waals surface area (Å²) in [5.41, 5.74) is -5.86. The smallest absolute Gasteiger partial charge is 0.416 e. The quantitative estimate of drug-likeness (QED) is 0.0598. The molecular weight excluding hydrogens is 1320 g/mol. The van der Waals surface area contributed by atoms with Gasteiger partial charge in [-0.25, -0.2) is 37.9 Å². The first-order valence-corrected chi connectivity index (χ1v) is 28.7. The summed E-state index contributed by atoms with van der Waals surface area (Å²) in [6.07, 6.45) is -10.5. The van der Waals surface area contributed by atoms with E-state index >= 15 is 0 Å². The third kappa shape index (κ3) is 17.1. The number of carbonyl (C=O) groups excluding carboxylic acids is 1. The molecule has 0 aliphatic heterocycles. The Morgan fingerprint density at radius 3 is 1.38 bits per heavy atom. The summed E-state index contributed by atoms with van der Waals surface area (Å²) in [4.78, 5) is 45.3. The zero-order valence-corrected chi connectivity index (χ0v) is 51.8. The van der Waals surface area contributed by atoms with Crippen LogP contribution in [0.5, 0.6) is 0 Å². The number of aliphatic hydroxyl groups excluding tert-OH is 1. The summed E-state index contributed by atoms with van der Waals surface area (Å²) in [6, 6.07) is 16.7. The van der Waals surface area contributed by atoms with Crippen LogP contribution in [0.1, 0.15) is 82.2 Å². The number of carbonyl (C=O) groups is 1. The molecule has 468 valence electrons. The molecule has 0 fully saturated rings. The van der Waals surface area contributed by atoms with Gasteiger partial charge in [0.2, 0.25) is 10.7 Å². The Kier molecular flexibility index (Phi) is 22.7. The minimum absolute atomic E-state index is 0.0482. The van der Waals surface area contributed by atoms with Crippen LogP contribution in [0, 0.1) is 70.3 Å². The average Bonchev–Trinajstić information content (AvgIpc) is 2.14. The second-order valence-electron chi connectivity index (χ2n) is 18.5. The molecule has 89 heavy (non-hydrogen) atoms. The highest BCUT2D eigenvalue weighted by Gasteiger charge is 2.48. The molecule has 0 saturated carbocycles. The Morgan fingerprint density at radius 1 is 0.551 bits per heavy atom. The van der Waals surface area contributed by atoms with Crippen LogP contribution in [0.4, 0.5) is 68.1 Å². The predicted molar refractivity (Wildman–Crippen MR) is 317 cm³/mol. The minimum atomic E-state index is -4.85. The van der Waals surface area contributed by atoms with Crippen LogP contribution < -0.4 is 10.6 Å². The van der Waals surface area contributed by atoms with Crippen molar-refractivity contribution in [2.75, 3.05) is 24.9 Å². The van der Waals surface area contributed by atoms with Gasteiger partial charge >= 0.3 is 24.5 Å². The van der Waals surface area contributed by atoms with E-state index in [1.165, 1.54) is 89.0 Å². The van der Waals surface area contributed by atoms with Crippen LogP contribution >= 0.6 is 68.8 Å². The van der Waals surface area contributed by atoms with E-state index < -0.39 is 69.7 Å². The molecule has 0 radical (unpaired) electrons. The molecule has 6 aromatic heterocycles. The van der Waals surface area contributed by atoms with Crippen molar-refractivity contribution in [3.63, 3.8) is 0 Å². The maximum atomic E-state index is 14.3. The monoisotopic (exact) mass is 1360 g/mol. The summed E-state index contributed by atoms with van der Waals surface area (Å²) in [5, 5.41) is 24.5. The summed E-state index contributed by atoms with van der Waals surface area (Å²) in [5.74, 6) is -4.34. The molecule has 6 heterocycles. The molecule has 13 nitrogen and oxygen atoms in total. The maximum Gasteiger partial charge on any atom is 0.416 e. The number of rotatable bonds is 12. The number of pyridine rings is 3. The highest BCUT2D eigenvalue weighted by Crippen LogP contribution is 2.42. The first kappa shape index (κ1) is 70.3. The second-order valence-corrected chi connectivity index (χ2v) is 23.4. The normalized spacial score (nSPS) is 13.0. The van der Waals surface area contributed by atoms with E-state index in [9.17, 15) is 62.7 Å². The Labute approximate surface area is 526 Å². The van der Waals surface area contributed by atoms with E-state index in [2.05, 4.69) is 45.5 Å². The number of aliphatic hydroxyl groups is 1. The number of aromatic nitrogens is 6. The number of esters is 1. The van der Waals surface area contributed by atoms with Gasteiger partial charge in [-0.05, 0) is 138 Å². The molecule has 9 rings (SSSR count). The summed E-state index contributed by atoms with van der Waals surface area (Å²) < 4.78 is 167. The van der Waals surface area contributed by atoms with Gasteiger partial charge in [0, 0.05) is 51.5 Å². The molecule has 0 aliphatic carbocycles. The van der Waals surface area contributed by atoms with Gasteiger partial charge in [0.15, 0.2) is 15.8 Å². The number of nitrogens with one attached hydrogen (secondary N) is 2. The molecule has 2 unspecified atom stereocenters. The highest BCUT2D eigenvalue weighted by atomic mass is 35.5. The van der Waals surface area contributed by atoms with E-state index in [0.717, 1.165) is 64.9 Å². The van der Waals surface area contributed by atoms with Crippen LogP contribution in [0.2, 0.25) is 15.1 Å². The number of nitriles is 1. The second kappa shape index (κ2) is 28.8. The van der Waals surface area contributed by atoms with Gasteiger partial charge in [0.25, 0.3) is 0 Å². The molecule has 0 aliphatic rings. The van der Waals surface area contributed by atoms with Gasteiger partial charge in [-0.2, -0.15) is 44.8 Å². The van der Waals surface area contributed by atoms with E-state index in [-0.39, 0.29) is 59.8 Å². The van der Waals surface area contributed by atoms with Crippen molar-refractivity contribution in [3.8, 4) is 6.07 Å². The maximum absolute atomic E-state index is 14.3. The SMILES string of the molecule is CO.COC(=O)C(Nc1nc(C)c(C)s1)(c1cc(F)cc(C(F)(F)F)c1)c1ccc(Cl)cn1.Cc1nc(N=C(c2cc(F)cc(C(F)(F)F)c2)c2ccc(Cl)cn2)sc1C.Cc1nc(NC(C#N)(c2cc(F)cc(C(F)(F)F)c2)c2ccc(Cl)cn2)sc1C. The van der Waals surface area contributed by atoms with Crippen LogP contribution in [-0.2, 0) is 39.1 Å². The van der Waals surface area contributed by atoms with Crippen molar-refractivity contribution in [3.05, 3.63) is 224 Å². The Morgan fingerprint density at radius 2 is 0.966 bits per heavy atom. The number of anilines is 2. The number of aliphatic imine (C=N–C) groups is 1. The van der Waals surface area contributed by atoms with Crippen molar-refractivity contribution in [2.45, 2.75) is 71.1 Å².